The van der Waals surface area contributed by atoms with Crippen LogP contribution in [0.4, 0.5) is 5.69 Å². The molecule has 4 heterocycles. The molecule has 0 unspecified atom stereocenters. The van der Waals surface area contributed by atoms with Gasteiger partial charge in [0.05, 0.1) is 11.7 Å². The molecule has 1 aliphatic heterocycles. The van der Waals surface area contributed by atoms with Gasteiger partial charge in [0.15, 0.2) is 0 Å². The fourth-order valence-electron chi connectivity index (χ4n) is 3.70. The third-order valence-electron chi connectivity index (χ3n) is 5.11. The fourth-order valence-corrected chi connectivity index (χ4v) is 3.70. The number of anilines is 1. The molecule has 0 saturated carbocycles. The van der Waals surface area contributed by atoms with Crippen molar-refractivity contribution in [2.75, 3.05) is 31.1 Å². The Labute approximate surface area is 156 Å². The van der Waals surface area contributed by atoms with Crippen molar-refractivity contribution in [3.05, 3.63) is 54.5 Å². The first kappa shape index (κ1) is 15.8. The third-order valence-corrected chi connectivity index (χ3v) is 5.11. The smallest absolute Gasteiger partial charge is 0.141 e. The van der Waals surface area contributed by atoms with E-state index in [1.807, 2.05) is 12.3 Å². The number of aromatic amines is 1. The molecule has 0 bridgehead atoms. The van der Waals surface area contributed by atoms with Crippen LogP contribution in [0, 0.1) is 11.3 Å². The second-order valence-corrected chi connectivity index (χ2v) is 6.76. The number of aromatic nitrogens is 3. The Morgan fingerprint density at radius 3 is 2.70 bits per heavy atom. The summed E-state index contributed by atoms with van der Waals surface area (Å²) in [4.78, 5) is 14.4. The molecule has 0 spiro atoms. The van der Waals surface area contributed by atoms with Crippen molar-refractivity contribution < 1.29 is 0 Å². The van der Waals surface area contributed by atoms with E-state index in [1.165, 1.54) is 5.69 Å². The lowest BCUT2D eigenvalue weighted by Crippen LogP contribution is -2.43. The monoisotopic (exact) mass is 354 g/mol. The van der Waals surface area contributed by atoms with Crippen LogP contribution in [0.15, 0.2) is 48.8 Å². The first-order valence-electron chi connectivity index (χ1n) is 9.05. The maximum absolute atomic E-state index is 9.15. The van der Waals surface area contributed by atoms with Crippen molar-refractivity contribution >= 4 is 27.6 Å². The van der Waals surface area contributed by atoms with Crippen LogP contribution < -0.4 is 10.2 Å². The highest BCUT2D eigenvalue weighted by atomic mass is 15.2. The Hall–Kier alpha value is -3.43. The zero-order chi connectivity index (χ0) is 18.2. The van der Waals surface area contributed by atoms with Crippen LogP contribution in [-0.2, 0) is 0 Å². The van der Waals surface area contributed by atoms with Gasteiger partial charge in [-0.3, -0.25) is 0 Å². The lowest BCUT2D eigenvalue weighted by Gasteiger charge is -2.29. The molecular formula is C21H18N6. The second kappa shape index (κ2) is 6.38. The molecule has 27 heavy (non-hydrogen) atoms. The summed E-state index contributed by atoms with van der Waals surface area (Å²) in [6.07, 6.45) is 3.59. The van der Waals surface area contributed by atoms with E-state index in [2.05, 4.69) is 61.6 Å². The Bertz CT molecular complexity index is 1180. The number of pyridine rings is 2. The van der Waals surface area contributed by atoms with E-state index < -0.39 is 0 Å². The quantitative estimate of drug-likeness (QED) is 0.578. The molecule has 1 aromatic carbocycles. The summed E-state index contributed by atoms with van der Waals surface area (Å²) >= 11 is 0. The predicted molar refractivity (Wildman–Crippen MR) is 107 cm³/mol. The lowest BCUT2D eigenvalue weighted by molar-refractivity contribution is 0.589. The van der Waals surface area contributed by atoms with Crippen LogP contribution in [0.2, 0.25) is 0 Å². The van der Waals surface area contributed by atoms with E-state index in [0.29, 0.717) is 5.69 Å². The number of piperazine rings is 1. The lowest BCUT2D eigenvalue weighted by atomic mass is 10.0. The van der Waals surface area contributed by atoms with Crippen LogP contribution in [0.5, 0.6) is 0 Å². The van der Waals surface area contributed by atoms with Crippen molar-refractivity contribution in [3.8, 4) is 17.2 Å². The molecule has 0 amide bonds. The molecule has 0 atom stereocenters. The topological polar surface area (TPSA) is 80.6 Å². The van der Waals surface area contributed by atoms with Gasteiger partial charge < -0.3 is 15.2 Å². The third kappa shape index (κ3) is 2.78. The number of benzene rings is 1. The van der Waals surface area contributed by atoms with Crippen LogP contribution in [0.3, 0.4) is 0 Å². The number of nitriles is 1. The van der Waals surface area contributed by atoms with Crippen LogP contribution in [0.1, 0.15) is 5.69 Å². The summed E-state index contributed by atoms with van der Waals surface area (Å²) < 4.78 is 0. The summed E-state index contributed by atoms with van der Waals surface area (Å²) in [5, 5.41) is 14.5. The Kier molecular flexibility index (Phi) is 3.73. The first-order chi connectivity index (χ1) is 13.3. The summed E-state index contributed by atoms with van der Waals surface area (Å²) in [6.45, 7) is 4.07. The largest absolute Gasteiger partial charge is 0.369 e. The molecule has 5 rings (SSSR count). The number of hydrogen-bond donors (Lipinski definition) is 2. The molecule has 4 aromatic rings. The van der Waals surface area contributed by atoms with Gasteiger partial charge in [-0.25, -0.2) is 9.97 Å². The van der Waals surface area contributed by atoms with Gasteiger partial charge in [-0.1, -0.05) is 12.1 Å². The fraction of sp³-hybridized carbons (Fsp3) is 0.190. The van der Waals surface area contributed by atoms with Crippen LogP contribution in [-0.4, -0.2) is 41.1 Å². The van der Waals surface area contributed by atoms with Crippen molar-refractivity contribution in [2.45, 2.75) is 0 Å². The first-order valence-corrected chi connectivity index (χ1v) is 9.05. The van der Waals surface area contributed by atoms with E-state index in [9.17, 15) is 0 Å². The minimum atomic E-state index is 0.412. The van der Waals surface area contributed by atoms with E-state index in [1.54, 1.807) is 6.20 Å². The zero-order valence-corrected chi connectivity index (χ0v) is 14.7. The standard InChI is InChI=1S/C21H18N6/c22-11-16-10-18-19-9-15(12-25-21(19)26-20(18)13-24-16)14-2-1-3-17(8-14)27-6-4-23-5-7-27/h1-3,8-10,12-13,23H,4-7H2,(H,25,26). The summed E-state index contributed by atoms with van der Waals surface area (Å²) in [7, 11) is 0. The molecule has 6 nitrogen and oxygen atoms in total. The molecule has 1 fully saturated rings. The van der Waals surface area contributed by atoms with E-state index in [4.69, 9.17) is 5.26 Å². The molecule has 132 valence electrons. The maximum Gasteiger partial charge on any atom is 0.141 e. The van der Waals surface area contributed by atoms with Gasteiger partial charge in [-0.2, -0.15) is 5.26 Å². The van der Waals surface area contributed by atoms with Gasteiger partial charge in [0, 0.05) is 54.4 Å². The zero-order valence-electron chi connectivity index (χ0n) is 14.7. The normalized spacial score (nSPS) is 14.6. The van der Waals surface area contributed by atoms with Gasteiger partial charge in [-0.05, 0) is 29.8 Å². The van der Waals surface area contributed by atoms with Crippen molar-refractivity contribution in [1.82, 2.24) is 20.3 Å². The van der Waals surface area contributed by atoms with Gasteiger partial charge in [-0.15, -0.1) is 0 Å². The van der Waals surface area contributed by atoms with Crippen LogP contribution >= 0.6 is 0 Å². The van der Waals surface area contributed by atoms with Gasteiger partial charge in [0.1, 0.15) is 17.4 Å². The van der Waals surface area contributed by atoms with Gasteiger partial charge in [0.2, 0.25) is 0 Å². The molecular weight excluding hydrogens is 336 g/mol. The number of rotatable bonds is 2. The molecule has 0 aliphatic carbocycles. The number of nitrogens with one attached hydrogen (secondary N) is 2. The number of H-pyrrole nitrogens is 1. The summed E-state index contributed by atoms with van der Waals surface area (Å²) in [5.41, 5.74) is 5.56. The van der Waals surface area contributed by atoms with E-state index in [0.717, 1.165) is 59.2 Å². The average Bonchev–Trinajstić information content (AvgIpc) is 3.11. The van der Waals surface area contributed by atoms with E-state index >= 15 is 0 Å². The van der Waals surface area contributed by atoms with Crippen LogP contribution in [0.25, 0.3) is 33.1 Å². The molecule has 3 aromatic heterocycles. The van der Waals surface area contributed by atoms with Crippen molar-refractivity contribution in [2.24, 2.45) is 0 Å². The minimum Gasteiger partial charge on any atom is -0.369 e. The molecule has 2 N–H and O–H groups in total. The second-order valence-electron chi connectivity index (χ2n) is 6.76. The Balaban J connectivity index is 1.60. The number of fused-ring (bicyclic) bond motifs is 3. The SMILES string of the molecule is N#Cc1cc2c(cn1)[nH]c1ncc(-c3cccc(N4CCNCC4)c3)cc12. The number of hydrogen-bond acceptors (Lipinski definition) is 5. The average molecular weight is 354 g/mol. The highest BCUT2D eigenvalue weighted by Crippen LogP contribution is 2.30. The van der Waals surface area contributed by atoms with Gasteiger partial charge in [0.25, 0.3) is 0 Å². The highest BCUT2D eigenvalue weighted by Gasteiger charge is 2.12. The maximum atomic E-state index is 9.15. The summed E-state index contributed by atoms with van der Waals surface area (Å²) in [6, 6.07) is 14.7. The van der Waals surface area contributed by atoms with Crippen molar-refractivity contribution in [3.63, 3.8) is 0 Å². The summed E-state index contributed by atoms with van der Waals surface area (Å²) in [5.74, 6) is 0. The minimum absolute atomic E-state index is 0.412. The molecule has 0 radical (unpaired) electrons. The molecule has 1 saturated heterocycles. The number of nitrogens with zero attached hydrogens (tertiary/aromatic N) is 4. The Morgan fingerprint density at radius 2 is 1.85 bits per heavy atom. The predicted octanol–water partition coefficient (Wildman–Crippen LogP) is 3.06. The highest BCUT2D eigenvalue weighted by molar-refractivity contribution is 6.07. The Morgan fingerprint density at radius 1 is 0.963 bits per heavy atom. The van der Waals surface area contributed by atoms with Gasteiger partial charge >= 0.3 is 0 Å². The van der Waals surface area contributed by atoms with Crippen molar-refractivity contribution in [1.29, 1.82) is 5.26 Å². The molecule has 1 aliphatic rings. The van der Waals surface area contributed by atoms with E-state index in [-0.39, 0.29) is 0 Å². The molecule has 6 heteroatoms.